The molecule has 0 unspecified atom stereocenters. The minimum Gasteiger partial charge on any atom is -0.468 e. The maximum atomic E-state index is 12.2. The van der Waals surface area contributed by atoms with Crippen LogP contribution < -0.4 is 14.8 Å². The zero-order valence-electron chi connectivity index (χ0n) is 18.7. The van der Waals surface area contributed by atoms with Gasteiger partial charge in [0.1, 0.15) is 12.6 Å². The molecule has 1 aromatic carbocycles. The Morgan fingerprint density at radius 2 is 1.55 bits per heavy atom. The summed E-state index contributed by atoms with van der Waals surface area (Å²) >= 11 is 0. The van der Waals surface area contributed by atoms with Crippen LogP contribution in [0.5, 0.6) is 11.5 Å². The van der Waals surface area contributed by atoms with E-state index < -0.39 is 23.9 Å². The molecular weight excluding hydrogens is 406 g/mol. The molecule has 1 aromatic rings. The number of hydrogen-bond acceptors (Lipinski definition) is 9. The van der Waals surface area contributed by atoms with E-state index >= 15 is 0 Å². The van der Waals surface area contributed by atoms with Gasteiger partial charge in [-0.3, -0.25) is 19.2 Å². The van der Waals surface area contributed by atoms with Gasteiger partial charge in [0.15, 0.2) is 11.5 Å². The van der Waals surface area contributed by atoms with Gasteiger partial charge in [-0.25, -0.2) is 0 Å². The highest BCUT2D eigenvalue weighted by Gasteiger charge is 2.21. The lowest BCUT2D eigenvalue weighted by Gasteiger charge is -2.18. The van der Waals surface area contributed by atoms with Crippen molar-refractivity contribution in [3.8, 4) is 11.5 Å². The highest BCUT2D eigenvalue weighted by atomic mass is 16.6. The summed E-state index contributed by atoms with van der Waals surface area (Å²) in [6.07, 6.45) is 0.523. The van der Waals surface area contributed by atoms with Crippen molar-refractivity contribution in [2.24, 2.45) is 5.92 Å². The van der Waals surface area contributed by atoms with Gasteiger partial charge in [0.25, 0.3) is 0 Å². The Morgan fingerprint density at radius 1 is 0.935 bits per heavy atom. The molecule has 0 aliphatic rings. The SMILES string of the molecule is CCC(=O)Oc1ccc(C[C@H](NCCOC(=O)C(C)C)C(=O)OC)cc1OC(=O)CC. The van der Waals surface area contributed by atoms with Gasteiger partial charge >= 0.3 is 23.9 Å². The number of carbonyl (C=O) groups excluding carboxylic acids is 4. The molecule has 0 aliphatic carbocycles. The second-order valence-corrected chi connectivity index (χ2v) is 6.99. The Labute approximate surface area is 182 Å². The molecule has 9 nitrogen and oxygen atoms in total. The maximum Gasteiger partial charge on any atom is 0.323 e. The minimum absolute atomic E-state index is 0.0978. The quantitative estimate of drug-likeness (QED) is 0.298. The van der Waals surface area contributed by atoms with E-state index in [-0.39, 0.29) is 55.8 Å². The molecule has 0 spiro atoms. The number of nitrogens with one attached hydrogen (secondary N) is 1. The summed E-state index contributed by atoms with van der Waals surface area (Å²) in [7, 11) is 1.28. The van der Waals surface area contributed by atoms with Gasteiger partial charge in [0.2, 0.25) is 0 Å². The van der Waals surface area contributed by atoms with E-state index in [1.807, 2.05) is 0 Å². The van der Waals surface area contributed by atoms with Crippen molar-refractivity contribution in [1.82, 2.24) is 5.32 Å². The smallest absolute Gasteiger partial charge is 0.323 e. The molecule has 0 aliphatic heterocycles. The standard InChI is InChI=1S/C22H31NO8/c1-6-19(24)30-17-9-8-15(13-18(17)31-20(25)7-2)12-16(22(27)28-5)23-10-11-29-21(26)14(3)4/h8-9,13-14,16,23H,6-7,10-12H2,1-5H3/t16-/m0/s1. The first-order valence-corrected chi connectivity index (χ1v) is 10.2. The molecule has 0 aromatic heterocycles. The second-order valence-electron chi connectivity index (χ2n) is 6.99. The van der Waals surface area contributed by atoms with Gasteiger partial charge in [-0.15, -0.1) is 0 Å². The molecule has 172 valence electrons. The van der Waals surface area contributed by atoms with Crippen molar-refractivity contribution in [2.75, 3.05) is 20.3 Å². The lowest BCUT2D eigenvalue weighted by atomic mass is 10.1. The molecule has 9 heteroatoms. The first kappa shape index (κ1) is 26.1. The summed E-state index contributed by atoms with van der Waals surface area (Å²) in [5.41, 5.74) is 0.650. The number of benzene rings is 1. The Morgan fingerprint density at radius 3 is 2.10 bits per heavy atom. The first-order valence-electron chi connectivity index (χ1n) is 10.2. The fourth-order valence-corrected chi connectivity index (χ4v) is 2.40. The summed E-state index contributed by atoms with van der Waals surface area (Å²) in [6, 6.07) is 4.00. The summed E-state index contributed by atoms with van der Waals surface area (Å²) in [6.45, 7) is 7.12. The molecule has 0 saturated carbocycles. The average Bonchev–Trinajstić information content (AvgIpc) is 2.76. The molecule has 31 heavy (non-hydrogen) atoms. The van der Waals surface area contributed by atoms with Gasteiger partial charge in [0.05, 0.1) is 13.0 Å². The third-order valence-corrected chi connectivity index (χ3v) is 4.17. The van der Waals surface area contributed by atoms with E-state index in [1.165, 1.54) is 13.2 Å². The molecule has 1 N–H and O–H groups in total. The van der Waals surface area contributed by atoms with Crippen LogP contribution in [0.4, 0.5) is 0 Å². The molecule has 0 fully saturated rings. The van der Waals surface area contributed by atoms with Crippen LogP contribution in [0, 0.1) is 5.92 Å². The highest BCUT2D eigenvalue weighted by molar-refractivity contribution is 5.77. The van der Waals surface area contributed by atoms with Crippen LogP contribution in [-0.2, 0) is 35.1 Å². The van der Waals surface area contributed by atoms with Crippen LogP contribution in [0.25, 0.3) is 0 Å². The number of hydrogen-bond donors (Lipinski definition) is 1. The number of esters is 4. The normalized spacial score (nSPS) is 11.5. The van der Waals surface area contributed by atoms with Crippen LogP contribution in [-0.4, -0.2) is 50.2 Å². The molecule has 0 bridgehead atoms. The zero-order chi connectivity index (χ0) is 23.4. The zero-order valence-corrected chi connectivity index (χ0v) is 18.7. The second kappa shape index (κ2) is 13.4. The van der Waals surface area contributed by atoms with Crippen molar-refractivity contribution in [3.05, 3.63) is 23.8 Å². The van der Waals surface area contributed by atoms with Gasteiger partial charge in [0, 0.05) is 19.4 Å². The molecule has 0 radical (unpaired) electrons. The van der Waals surface area contributed by atoms with Gasteiger partial charge in [-0.05, 0) is 24.1 Å². The van der Waals surface area contributed by atoms with Crippen LogP contribution in [0.1, 0.15) is 46.1 Å². The van der Waals surface area contributed by atoms with Gasteiger partial charge < -0.3 is 24.3 Å². The Bertz CT molecular complexity index is 775. The molecule has 1 rings (SSSR count). The van der Waals surface area contributed by atoms with E-state index in [0.29, 0.717) is 5.56 Å². The largest absolute Gasteiger partial charge is 0.468 e. The Kier molecular flexibility index (Phi) is 11.3. The van der Waals surface area contributed by atoms with E-state index in [1.54, 1.807) is 39.8 Å². The topological polar surface area (TPSA) is 117 Å². The van der Waals surface area contributed by atoms with Crippen LogP contribution >= 0.6 is 0 Å². The predicted octanol–water partition coefficient (Wildman–Crippen LogP) is 2.19. The summed E-state index contributed by atoms with van der Waals surface area (Å²) < 4.78 is 20.4. The van der Waals surface area contributed by atoms with E-state index in [0.717, 1.165) is 0 Å². The number of rotatable bonds is 12. The van der Waals surface area contributed by atoms with Gasteiger partial charge in [-0.2, -0.15) is 0 Å². The predicted molar refractivity (Wildman–Crippen MR) is 112 cm³/mol. The molecule has 0 saturated heterocycles. The fourth-order valence-electron chi connectivity index (χ4n) is 2.40. The Balaban J connectivity index is 2.93. The number of ether oxygens (including phenoxy) is 4. The van der Waals surface area contributed by atoms with Crippen molar-refractivity contribution >= 4 is 23.9 Å². The summed E-state index contributed by atoms with van der Waals surface area (Å²) in [5, 5.41) is 3.00. The summed E-state index contributed by atoms with van der Waals surface area (Å²) in [4.78, 5) is 47.1. The molecule has 1 atom stereocenters. The average molecular weight is 437 g/mol. The van der Waals surface area contributed by atoms with Crippen molar-refractivity contribution in [2.45, 2.75) is 53.0 Å². The van der Waals surface area contributed by atoms with E-state index in [4.69, 9.17) is 18.9 Å². The van der Waals surface area contributed by atoms with E-state index in [2.05, 4.69) is 5.32 Å². The minimum atomic E-state index is -0.721. The molecular formula is C22H31NO8. The lowest BCUT2D eigenvalue weighted by Crippen LogP contribution is -2.41. The highest BCUT2D eigenvalue weighted by Crippen LogP contribution is 2.30. The van der Waals surface area contributed by atoms with Crippen molar-refractivity contribution in [3.63, 3.8) is 0 Å². The van der Waals surface area contributed by atoms with Crippen molar-refractivity contribution in [1.29, 1.82) is 0 Å². The fraction of sp³-hybridized carbons (Fsp3) is 0.545. The maximum absolute atomic E-state index is 12.2. The Hall–Kier alpha value is -2.94. The van der Waals surface area contributed by atoms with Gasteiger partial charge in [-0.1, -0.05) is 33.8 Å². The van der Waals surface area contributed by atoms with E-state index in [9.17, 15) is 19.2 Å². The molecule has 0 amide bonds. The monoisotopic (exact) mass is 437 g/mol. The van der Waals surface area contributed by atoms with Crippen molar-refractivity contribution < 1.29 is 38.1 Å². The lowest BCUT2D eigenvalue weighted by molar-refractivity contribution is -0.147. The van der Waals surface area contributed by atoms with Crippen LogP contribution in [0.3, 0.4) is 0 Å². The summed E-state index contributed by atoms with van der Waals surface area (Å²) in [5.74, 6) is -1.78. The van der Waals surface area contributed by atoms with Crippen LogP contribution in [0.15, 0.2) is 18.2 Å². The number of methoxy groups -OCH3 is 1. The molecule has 0 heterocycles. The number of carbonyl (C=O) groups is 4. The third kappa shape index (κ3) is 9.17. The third-order valence-electron chi connectivity index (χ3n) is 4.17. The first-order chi connectivity index (χ1) is 14.7. The van der Waals surface area contributed by atoms with Crippen LogP contribution in [0.2, 0.25) is 0 Å².